The van der Waals surface area contributed by atoms with Gasteiger partial charge in [-0.15, -0.1) is 0 Å². The predicted molar refractivity (Wildman–Crippen MR) is 92.4 cm³/mol. The Balaban J connectivity index is 1.77. The Morgan fingerprint density at radius 2 is 1.82 bits per heavy atom. The first-order chi connectivity index (χ1) is 10.9. The maximum atomic E-state index is 8.83. The standard InChI is InChI=1S/C19H26N2O/c22-14-8-2-1-7-13-20-19-15-9-3-5-11-17(15)21-18-12-6-4-10-16(18)19/h3,5,9,11,22H,1-2,4,6-8,10,12-14H2,(H,20,21). The molecule has 1 heterocycles. The molecule has 1 aromatic heterocycles. The SMILES string of the molecule is OCCCCCCNc1c2c(nc3ccccc13)CCCC2. The number of nitrogens with one attached hydrogen (secondary N) is 1. The zero-order chi connectivity index (χ0) is 15.2. The molecule has 0 radical (unpaired) electrons. The Kier molecular flexibility index (Phi) is 5.28. The van der Waals surface area contributed by atoms with Crippen molar-refractivity contribution in [2.75, 3.05) is 18.5 Å². The molecular weight excluding hydrogens is 272 g/mol. The number of aliphatic hydroxyl groups excluding tert-OH is 1. The maximum absolute atomic E-state index is 8.83. The molecule has 3 rings (SSSR count). The lowest BCUT2D eigenvalue weighted by Crippen LogP contribution is -2.12. The van der Waals surface area contributed by atoms with Crippen molar-refractivity contribution in [1.82, 2.24) is 4.98 Å². The largest absolute Gasteiger partial charge is 0.396 e. The van der Waals surface area contributed by atoms with Crippen molar-refractivity contribution < 1.29 is 5.11 Å². The molecular formula is C19H26N2O. The van der Waals surface area contributed by atoms with E-state index in [2.05, 4.69) is 29.6 Å². The van der Waals surface area contributed by atoms with Gasteiger partial charge in [0.2, 0.25) is 0 Å². The van der Waals surface area contributed by atoms with Crippen LogP contribution < -0.4 is 5.32 Å². The molecule has 2 aromatic rings. The van der Waals surface area contributed by atoms with Crippen molar-refractivity contribution in [1.29, 1.82) is 0 Å². The van der Waals surface area contributed by atoms with Crippen molar-refractivity contribution in [3.8, 4) is 0 Å². The maximum Gasteiger partial charge on any atom is 0.0726 e. The van der Waals surface area contributed by atoms with Crippen molar-refractivity contribution in [3.05, 3.63) is 35.5 Å². The number of para-hydroxylation sites is 1. The van der Waals surface area contributed by atoms with E-state index in [-0.39, 0.29) is 0 Å². The topological polar surface area (TPSA) is 45.1 Å². The van der Waals surface area contributed by atoms with Crippen molar-refractivity contribution in [2.24, 2.45) is 0 Å². The lowest BCUT2D eigenvalue weighted by molar-refractivity contribution is 0.283. The molecule has 3 heteroatoms. The highest BCUT2D eigenvalue weighted by molar-refractivity contribution is 5.93. The number of aliphatic hydroxyl groups is 1. The molecule has 0 unspecified atom stereocenters. The third-order valence-electron chi connectivity index (χ3n) is 4.56. The van der Waals surface area contributed by atoms with Crippen molar-refractivity contribution in [3.63, 3.8) is 0 Å². The normalized spacial score (nSPS) is 14.0. The highest BCUT2D eigenvalue weighted by Crippen LogP contribution is 2.33. The summed E-state index contributed by atoms with van der Waals surface area (Å²) in [6.07, 6.45) is 9.19. The fraction of sp³-hybridized carbons (Fsp3) is 0.526. The fourth-order valence-electron chi connectivity index (χ4n) is 3.38. The van der Waals surface area contributed by atoms with Gasteiger partial charge in [0, 0.05) is 29.9 Å². The van der Waals surface area contributed by atoms with Crippen LogP contribution in [0.3, 0.4) is 0 Å². The number of aryl methyl sites for hydroxylation is 1. The molecule has 0 amide bonds. The molecule has 0 saturated heterocycles. The molecule has 3 nitrogen and oxygen atoms in total. The monoisotopic (exact) mass is 298 g/mol. The zero-order valence-electron chi connectivity index (χ0n) is 13.3. The van der Waals surface area contributed by atoms with Crippen LogP contribution in [0.15, 0.2) is 24.3 Å². The third-order valence-corrected chi connectivity index (χ3v) is 4.56. The Morgan fingerprint density at radius 1 is 1.00 bits per heavy atom. The van der Waals surface area contributed by atoms with Gasteiger partial charge in [0.15, 0.2) is 0 Å². The summed E-state index contributed by atoms with van der Waals surface area (Å²) in [7, 11) is 0. The lowest BCUT2D eigenvalue weighted by atomic mass is 9.92. The molecule has 0 fully saturated rings. The van der Waals surface area contributed by atoms with Crippen LogP contribution in [0.2, 0.25) is 0 Å². The van der Waals surface area contributed by atoms with Gasteiger partial charge < -0.3 is 10.4 Å². The van der Waals surface area contributed by atoms with Crippen LogP contribution in [0, 0.1) is 0 Å². The summed E-state index contributed by atoms with van der Waals surface area (Å²) in [5.41, 5.74) is 5.18. The van der Waals surface area contributed by atoms with E-state index in [1.165, 1.54) is 41.6 Å². The minimum atomic E-state index is 0.315. The van der Waals surface area contributed by atoms with Crippen LogP contribution in [0.1, 0.15) is 49.8 Å². The first kappa shape index (κ1) is 15.3. The number of pyridine rings is 1. The van der Waals surface area contributed by atoms with Gasteiger partial charge in [-0.25, -0.2) is 0 Å². The average Bonchev–Trinajstić information content (AvgIpc) is 2.57. The van der Waals surface area contributed by atoms with Gasteiger partial charge in [0.25, 0.3) is 0 Å². The Bertz CT molecular complexity index is 624. The van der Waals surface area contributed by atoms with Gasteiger partial charge >= 0.3 is 0 Å². The van der Waals surface area contributed by atoms with E-state index >= 15 is 0 Å². The molecule has 118 valence electrons. The number of anilines is 1. The van der Waals surface area contributed by atoms with Gasteiger partial charge in [-0.1, -0.05) is 31.0 Å². The van der Waals surface area contributed by atoms with E-state index in [0.29, 0.717) is 6.61 Å². The van der Waals surface area contributed by atoms with Gasteiger partial charge in [0.05, 0.1) is 5.52 Å². The van der Waals surface area contributed by atoms with Crippen LogP contribution in [-0.4, -0.2) is 23.2 Å². The van der Waals surface area contributed by atoms with Gasteiger partial charge in [-0.05, 0) is 50.2 Å². The Hall–Kier alpha value is -1.61. The summed E-state index contributed by atoms with van der Waals surface area (Å²) in [5, 5.41) is 13.8. The van der Waals surface area contributed by atoms with Crippen LogP contribution in [0.4, 0.5) is 5.69 Å². The molecule has 0 spiro atoms. The summed E-state index contributed by atoms with van der Waals surface area (Å²) in [6.45, 7) is 1.32. The predicted octanol–water partition coefficient (Wildman–Crippen LogP) is 4.08. The third kappa shape index (κ3) is 3.41. The molecule has 0 bridgehead atoms. The zero-order valence-corrected chi connectivity index (χ0v) is 13.3. The van der Waals surface area contributed by atoms with E-state index in [1.54, 1.807) is 0 Å². The van der Waals surface area contributed by atoms with E-state index in [0.717, 1.165) is 44.2 Å². The lowest BCUT2D eigenvalue weighted by Gasteiger charge is -2.21. The molecule has 2 N–H and O–H groups in total. The number of hydrogen-bond donors (Lipinski definition) is 2. The van der Waals surface area contributed by atoms with Gasteiger partial charge in [-0.2, -0.15) is 0 Å². The van der Waals surface area contributed by atoms with Crippen LogP contribution >= 0.6 is 0 Å². The smallest absolute Gasteiger partial charge is 0.0726 e. The molecule has 22 heavy (non-hydrogen) atoms. The first-order valence-electron chi connectivity index (χ1n) is 8.65. The number of fused-ring (bicyclic) bond motifs is 2. The minimum Gasteiger partial charge on any atom is -0.396 e. The van der Waals surface area contributed by atoms with Gasteiger partial charge in [-0.3, -0.25) is 4.98 Å². The second-order valence-corrected chi connectivity index (χ2v) is 6.20. The summed E-state index contributed by atoms with van der Waals surface area (Å²) < 4.78 is 0. The molecule has 1 aliphatic carbocycles. The summed E-state index contributed by atoms with van der Waals surface area (Å²) in [6, 6.07) is 8.48. The fourth-order valence-corrected chi connectivity index (χ4v) is 3.38. The number of benzene rings is 1. The molecule has 0 saturated carbocycles. The van der Waals surface area contributed by atoms with Crippen LogP contribution in [0.25, 0.3) is 10.9 Å². The van der Waals surface area contributed by atoms with Crippen LogP contribution in [0.5, 0.6) is 0 Å². The quantitative estimate of drug-likeness (QED) is 0.757. The van der Waals surface area contributed by atoms with Crippen molar-refractivity contribution >= 4 is 16.6 Å². The molecule has 0 atom stereocenters. The van der Waals surface area contributed by atoms with E-state index < -0.39 is 0 Å². The highest BCUT2D eigenvalue weighted by atomic mass is 16.2. The minimum absolute atomic E-state index is 0.315. The van der Waals surface area contributed by atoms with E-state index in [9.17, 15) is 0 Å². The van der Waals surface area contributed by atoms with E-state index in [4.69, 9.17) is 10.1 Å². The molecule has 1 aliphatic rings. The van der Waals surface area contributed by atoms with Crippen LogP contribution in [-0.2, 0) is 12.8 Å². The number of aromatic nitrogens is 1. The summed E-state index contributed by atoms with van der Waals surface area (Å²) in [5.74, 6) is 0. The summed E-state index contributed by atoms with van der Waals surface area (Å²) >= 11 is 0. The average molecular weight is 298 g/mol. The Morgan fingerprint density at radius 3 is 2.73 bits per heavy atom. The number of rotatable bonds is 7. The molecule has 0 aliphatic heterocycles. The number of nitrogens with zero attached hydrogens (tertiary/aromatic N) is 1. The second-order valence-electron chi connectivity index (χ2n) is 6.20. The Labute approximate surface area is 132 Å². The summed E-state index contributed by atoms with van der Waals surface area (Å²) in [4.78, 5) is 4.88. The van der Waals surface area contributed by atoms with Gasteiger partial charge in [0.1, 0.15) is 0 Å². The first-order valence-corrected chi connectivity index (χ1v) is 8.65. The highest BCUT2D eigenvalue weighted by Gasteiger charge is 2.17. The van der Waals surface area contributed by atoms with E-state index in [1.807, 2.05) is 0 Å². The number of hydrogen-bond acceptors (Lipinski definition) is 3. The molecule has 1 aromatic carbocycles. The van der Waals surface area contributed by atoms with Crippen molar-refractivity contribution in [2.45, 2.75) is 51.4 Å². The second kappa shape index (κ2) is 7.59. The number of unbranched alkanes of at least 4 members (excludes halogenated alkanes) is 3.